The standard InChI is InChI=1S/C13H16N2O3/c1-4-7-14-13(17)11-8-10(15-9(2)16)5-6-12(11)18-3/h4-6,8H,1,7H2,2-3H3,(H,14,17)(H,15,16). The summed E-state index contributed by atoms with van der Waals surface area (Å²) < 4.78 is 5.11. The molecule has 2 N–H and O–H groups in total. The Balaban J connectivity index is 3.01. The Labute approximate surface area is 106 Å². The molecule has 0 aromatic heterocycles. The first-order valence-electron chi connectivity index (χ1n) is 5.43. The quantitative estimate of drug-likeness (QED) is 0.777. The third-order valence-electron chi connectivity index (χ3n) is 2.17. The molecule has 0 saturated heterocycles. The first-order valence-corrected chi connectivity index (χ1v) is 5.43. The van der Waals surface area contributed by atoms with Crippen LogP contribution in [0.5, 0.6) is 5.75 Å². The van der Waals surface area contributed by atoms with E-state index < -0.39 is 0 Å². The van der Waals surface area contributed by atoms with E-state index in [1.165, 1.54) is 14.0 Å². The van der Waals surface area contributed by atoms with E-state index in [2.05, 4.69) is 17.2 Å². The summed E-state index contributed by atoms with van der Waals surface area (Å²) in [4.78, 5) is 22.8. The van der Waals surface area contributed by atoms with Crippen molar-refractivity contribution >= 4 is 17.5 Å². The lowest BCUT2D eigenvalue weighted by Crippen LogP contribution is -2.24. The minimum atomic E-state index is -0.279. The zero-order valence-corrected chi connectivity index (χ0v) is 10.4. The largest absolute Gasteiger partial charge is 0.496 e. The van der Waals surface area contributed by atoms with Gasteiger partial charge in [0, 0.05) is 19.2 Å². The summed E-state index contributed by atoms with van der Waals surface area (Å²) in [6, 6.07) is 4.87. The maximum absolute atomic E-state index is 11.9. The highest BCUT2D eigenvalue weighted by Gasteiger charge is 2.12. The van der Waals surface area contributed by atoms with Gasteiger partial charge in [-0.05, 0) is 18.2 Å². The van der Waals surface area contributed by atoms with Crippen molar-refractivity contribution in [3.8, 4) is 5.75 Å². The van der Waals surface area contributed by atoms with Crippen LogP contribution in [0.1, 0.15) is 17.3 Å². The van der Waals surface area contributed by atoms with Gasteiger partial charge in [-0.15, -0.1) is 6.58 Å². The molecular weight excluding hydrogens is 232 g/mol. The van der Waals surface area contributed by atoms with E-state index in [-0.39, 0.29) is 11.8 Å². The van der Waals surface area contributed by atoms with E-state index in [9.17, 15) is 9.59 Å². The van der Waals surface area contributed by atoms with Crippen LogP contribution in [0.4, 0.5) is 5.69 Å². The van der Waals surface area contributed by atoms with Gasteiger partial charge in [0.1, 0.15) is 5.75 Å². The van der Waals surface area contributed by atoms with Crippen LogP contribution in [0.15, 0.2) is 30.9 Å². The second kappa shape index (κ2) is 6.44. The predicted octanol–water partition coefficient (Wildman–Crippen LogP) is 1.57. The van der Waals surface area contributed by atoms with Gasteiger partial charge in [0.15, 0.2) is 0 Å². The molecule has 0 aliphatic heterocycles. The molecule has 18 heavy (non-hydrogen) atoms. The molecule has 0 unspecified atom stereocenters. The number of anilines is 1. The van der Waals surface area contributed by atoms with Crippen LogP contribution in [0.25, 0.3) is 0 Å². The molecule has 0 radical (unpaired) electrons. The van der Waals surface area contributed by atoms with Crippen molar-refractivity contribution < 1.29 is 14.3 Å². The maximum Gasteiger partial charge on any atom is 0.255 e. The van der Waals surface area contributed by atoms with E-state index in [0.717, 1.165) is 0 Å². The average Bonchev–Trinajstić information content (AvgIpc) is 2.35. The van der Waals surface area contributed by atoms with Crippen LogP contribution in [0.3, 0.4) is 0 Å². The lowest BCUT2D eigenvalue weighted by atomic mass is 10.1. The van der Waals surface area contributed by atoms with Crippen LogP contribution in [-0.4, -0.2) is 25.5 Å². The first kappa shape index (κ1) is 13.8. The number of ether oxygens (including phenoxy) is 1. The molecule has 0 aliphatic carbocycles. The summed E-state index contributed by atoms with van der Waals surface area (Å²) in [5.74, 6) is -0.0257. The molecule has 0 heterocycles. The van der Waals surface area contributed by atoms with Crippen LogP contribution >= 0.6 is 0 Å². The smallest absolute Gasteiger partial charge is 0.255 e. The molecule has 96 valence electrons. The molecule has 0 atom stereocenters. The summed E-state index contributed by atoms with van der Waals surface area (Å²) in [7, 11) is 1.48. The number of carbonyl (C=O) groups is 2. The molecule has 1 aromatic rings. The summed E-state index contributed by atoms with van der Waals surface area (Å²) in [6.45, 7) is 5.29. The molecule has 1 rings (SSSR count). The SMILES string of the molecule is C=CCNC(=O)c1cc(NC(C)=O)ccc1OC. The number of nitrogens with one attached hydrogen (secondary N) is 2. The van der Waals surface area contributed by atoms with Gasteiger partial charge in [-0.1, -0.05) is 6.08 Å². The minimum Gasteiger partial charge on any atom is -0.496 e. The number of carbonyl (C=O) groups excluding carboxylic acids is 2. The van der Waals surface area contributed by atoms with Crippen molar-refractivity contribution in [2.24, 2.45) is 0 Å². The van der Waals surface area contributed by atoms with E-state index in [1.807, 2.05) is 0 Å². The predicted molar refractivity (Wildman–Crippen MR) is 69.8 cm³/mol. The fourth-order valence-electron chi connectivity index (χ4n) is 1.43. The van der Waals surface area contributed by atoms with Crippen molar-refractivity contribution in [2.45, 2.75) is 6.92 Å². The van der Waals surface area contributed by atoms with Gasteiger partial charge >= 0.3 is 0 Å². The molecule has 0 spiro atoms. The van der Waals surface area contributed by atoms with Crippen molar-refractivity contribution in [3.63, 3.8) is 0 Å². The third-order valence-corrected chi connectivity index (χ3v) is 2.17. The second-order valence-corrected chi connectivity index (χ2v) is 3.59. The highest BCUT2D eigenvalue weighted by Crippen LogP contribution is 2.22. The van der Waals surface area contributed by atoms with E-state index in [1.54, 1.807) is 24.3 Å². The Bertz CT molecular complexity index is 469. The maximum atomic E-state index is 11.9. The Hall–Kier alpha value is -2.30. The Morgan fingerprint density at radius 1 is 1.44 bits per heavy atom. The number of rotatable bonds is 5. The van der Waals surface area contributed by atoms with Gasteiger partial charge in [-0.25, -0.2) is 0 Å². The van der Waals surface area contributed by atoms with Gasteiger partial charge in [0.05, 0.1) is 12.7 Å². The summed E-state index contributed by atoms with van der Waals surface area (Å²) in [5.41, 5.74) is 0.914. The molecule has 1 aromatic carbocycles. The molecule has 0 bridgehead atoms. The molecule has 0 aliphatic rings. The molecular formula is C13H16N2O3. The third kappa shape index (κ3) is 3.62. The zero-order chi connectivity index (χ0) is 13.5. The number of hydrogen-bond donors (Lipinski definition) is 2. The monoisotopic (exact) mass is 248 g/mol. The highest BCUT2D eigenvalue weighted by atomic mass is 16.5. The second-order valence-electron chi connectivity index (χ2n) is 3.59. The van der Waals surface area contributed by atoms with Crippen LogP contribution in [0.2, 0.25) is 0 Å². The van der Waals surface area contributed by atoms with Gasteiger partial charge in [-0.2, -0.15) is 0 Å². The van der Waals surface area contributed by atoms with E-state index in [4.69, 9.17) is 4.74 Å². The lowest BCUT2D eigenvalue weighted by Gasteiger charge is -2.10. The van der Waals surface area contributed by atoms with Crippen molar-refractivity contribution in [3.05, 3.63) is 36.4 Å². The van der Waals surface area contributed by atoms with Crippen LogP contribution in [-0.2, 0) is 4.79 Å². The van der Waals surface area contributed by atoms with Crippen molar-refractivity contribution in [1.82, 2.24) is 5.32 Å². The number of amides is 2. The van der Waals surface area contributed by atoms with Gasteiger partial charge < -0.3 is 15.4 Å². The molecule has 5 heteroatoms. The topological polar surface area (TPSA) is 67.4 Å². The highest BCUT2D eigenvalue weighted by molar-refractivity contribution is 5.99. The fraction of sp³-hybridized carbons (Fsp3) is 0.231. The van der Waals surface area contributed by atoms with Crippen molar-refractivity contribution in [1.29, 1.82) is 0 Å². The number of benzene rings is 1. The average molecular weight is 248 g/mol. The first-order chi connectivity index (χ1) is 8.58. The normalized spacial score (nSPS) is 9.44. The lowest BCUT2D eigenvalue weighted by molar-refractivity contribution is -0.114. The van der Waals surface area contributed by atoms with E-state index >= 15 is 0 Å². The van der Waals surface area contributed by atoms with Crippen LogP contribution < -0.4 is 15.4 Å². The number of hydrogen-bond acceptors (Lipinski definition) is 3. The van der Waals surface area contributed by atoms with Crippen molar-refractivity contribution in [2.75, 3.05) is 19.0 Å². The molecule has 5 nitrogen and oxygen atoms in total. The summed E-state index contributed by atoms with van der Waals surface area (Å²) in [6.07, 6.45) is 1.59. The van der Waals surface area contributed by atoms with Gasteiger partial charge in [0.2, 0.25) is 5.91 Å². The Morgan fingerprint density at radius 2 is 2.17 bits per heavy atom. The molecule has 0 saturated carbocycles. The van der Waals surface area contributed by atoms with Crippen LogP contribution in [0, 0.1) is 0 Å². The zero-order valence-electron chi connectivity index (χ0n) is 10.4. The Morgan fingerprint density at radius 3 is 2.72 bits per heavy atom. The minimum absolute atomic E-state index is 0.197. The van der Waals surface area contributed by atoms with Gasteiger partial charge in [0.25, 0.3) is 5.91 Å². The van der Waals surface area contributed by atoms with E-state index in [0.29, 0.717) is 23.5 Å². The summed E-state index contributed by atoms with van der Waals surface area (Å²) in [5, 5.41) is 5.27. The number of methoxy groups -OCH3 is 1. The molecule has 0 fully saturated rings. The summed E-state index contributed by atoms with van der Waals surface area (Å²) >= 11 is 0. The molecule has 2 amide bonds. The van der Waals surface area contributed by atoms with Gasteiger partial charge in [-0.3, -0.25) is 9.59 Å². The fourth-order valence-corrected chi connectivity index (χ4v) is 1.43. The Kier molecular flexibility index (Phi) is 4.92.